The van der Waals surface area contributed by atoms with E-state index in [9.17, 15) is 0 Å². The molecule has 0 amide bonds. The normalized spacial score (nSPS) is 20.2. The number of rotatable bonds is 2. The molecule has 1 atom stereocenters. The topological polar surface area (TPSA) is 3.24 Å². The Balaban J connectivity index is 1.62. The molecule has 0 saturated carbocycles. The van der Waals surface area contributed by atoms with E-state index in [0.29, 0.717) is 0 Å². The molecule has 0 N–H and O–H groups in total. The lowest BCUT2D eigenvalue weighted by molar-refractivity contribution is 0.474. The first kappa shape index (κ1) is 13.4. The number of para-hydroxylation sites is 1. The summed E-state index contributed by atoms with van der Waals surface area (Å²) in [5, 5.41) is 0. The van der Waals surface area contributed by atoms with Gasteiger partial charge in [0, 0.05) is 23.2 Å². The number of hydrogen-bond donors (Lipinski definition) is 0. The Morgan fingerprint density at radius 2 is 1.90 bits per heavy atom. The van der Waals surface area contributed by atoms with Gasteiger partial charge in [-0.3, -0.25) is 0 Å². The van der Waals surface area contributed by atoms with E-state index >= 15 is 0 Å². The molecule has 2 heteroatoms. The van der Waals surface area contributed by atoms with Crippen LogP contribution in [-0.4, -0.2) is 13.1 Å². The molecule has 2 heterocycles. The Hall–Kier alpha value is -1.28. The van der Waals surface area contributed by atoms with Gasteiger partial charge in [0.05, 0.1) is 0 Å². The lowest BCUT2D eigenvalue weighted by Gasteiger charge is -2.40. The fourth-order valence-electron chi connectivity index (χ4n) is 3.97. The van der Waals surface area contributed by atoms with E-state index < -0.39 is 0 Å². The maximum Gasteiger partial charge on any atom is 0.0431 e. The number of hydrogen-bond acceptors (Lipinski definition) is 1. The smallest absolute Gasteiger partial charge is 0.0431 e. The summed E-state index contributed by atoms with van der Waals surface area (Å²) in [5.41, 5.74) is 6.14. The quantitative estimate of drug-likeness (QED) is 0.770. The standard InChI is InChI=1S/C19H20BrN/c20-18-9-2-1-5-16(18)11-14-12-17-7-3-6-15-8-4-10-21(13-14)19(15)17/h1-3,5-7,9,14H,4,8,10-13H2. The minimum atomic E-state index is 0.726. The molecule has 0 aromatic heterocycles. The van der Waals surface area contributed by atoms with E-state index in [1.807, 2.05) is 0 Å². The third-order valence-corrected chi connectivity index (χ3v) is 5.62. The highest BCUT2D eigenvalue weighted by Crippen LogP contribution is 2.37. The molecule has 1 nitrogen and oxygen atoms in total. The van der Waals surface area contributed by atoms with Crippen LogP contribution in [0.4, 0.5) is 5.69 Å². The van der Waals surface area contributed by atoms with Gasteiger partial charge < -0.3 is 4.90 Å². The van der Waals surface area contributed by atoms with Crippen LogP contribution in [0.2, 0.25) is 0 Å². The molecule has 0 bridgehead atoms. The fraction of sp³-hybridized carbons (Fsp3) is 0.368. The van der Waals surface area contributed by atoms with Crippen molar-refractivity contribution in [3.05, 3.63) is 63.6 Å². The summed E-state index contributed by atoms with van der Waals surface area (Å²) in [4.78, 5) is 2.64. The van der Waals surface area contributed by atoms with Crippen molar-refractivity contribution in [2.45, 2.75) is 25.7 Å². The number of anilines is 1. The van der Waals surface area contributed by atoms with Gasteiger partial charge in [-0.2, -0.15) is 0 Å². The highest BCUT2D eigenvalue weighted by molar-refractivity contribution is 9.10. The Labute approximate surface area is 135 Å². The summed E-state index contributed by atoms with van der Waals surface area (Å²) in [6.07, 6.45) is 4.95. The van der Waals surface area contributed by atoms with Gasteiger partial charge in [0.25, 0.3) is 0 Å². The number of aryl methyl sites for hydroxylation is 1. The van der Waals surface area contributed by atoms with Crippen LogP contribution in [-0.2, 0) is 19.3 Å². The molecule has 0 fully saturated rings. The summed E-state index contributed by atoms with van der Waals surface area (Å²) in [5.74, 6) is 0.726. The van der Waals surface area contributed by atoms with Crippen molar-refractivity contribution >= 4 is 21.6 Å². The van der Waals surface area contributed by atoms with Gasteiger partial charge >= 0.3 is 0 Å². The molecular weight excluding hydrogens is 322 g/mol. The lowest BCUT2D eigenvalue weighted by Crippen LogP contribution is -2.39. The van der Waals surface area contributed by atoms with E-state index in [-0.39, 0.29) is 0 Å². The molecule has 2 aliphatic heterocycles. The van der Waals surface area contributed by atoms with Gasteiger partial charge in [0.15, 0.2) is 0 Å². The molecule has 21 heavy (non-hydrogen) atoms. The largest absolute Gasteiger partial charge is 0.371 e. The van der Waals surface area contributed by atoms with Crippen LogP contribution in [0.1, 0.15) is 23.1 Å². The van der Waals surface area contributed by atoms with Gasteiger partial charge in [0.2, 0.25) is 0 Å². The summed E-state index contributed by atoms with van der Waals surface area (Å²) in [7, 11) is 0. The number of benzene rings is 2. The fourth-order valence-corrected chi connectivity index (χ4v) is 4.42. The molecule has 2 aliphatic rings. The second kappa shape index (κ2) is 5.49. The Kier molecular flexibility index (Phi) is 3.50. The number of nitrogens with zero attached hydrogens (tertiary/aromatic N) is 1. The second-order valence-electron chi connectivity index (χ2n) is 6.34. The van der Waals surface area contributed by atoms with Gasteiger partial charge in [0.1, 0.15) is 0 Å². The van der Waals surface area contributed by atoms with E-state index in [2.05, 4.69) is 63.3 Å². The Morgan fingerprint density at radius 3 is 2.81 bits per heavy atom. The first-order valence-corrected chi connectivity index (χ1v) is 8.69. The SMILES string of the molecule is Brc1ccccc1CC1Cc2cccc3c2N(CCC3)C1. The lowest BCUT2D eigenvalue weighted by atomic mass is 9.84. The maximum absolute atomic E-state index is 3.70. The molecule has 0 aliphatic carbocycles. The van der Waals surface area contributed by atoms with Crippen LogP contribution in [0.5, 0.6) is 0 Å². The third-order valence-electron chi connectivity index (χ3n) is 4.85. The van der Waals surface area contributed by atoms with Crippen LogP contribution in [0, 0.1) is 5.92 Å². The minimum absolute atomic E-state index is 0.726. The van der Waals surface area contributed by atoms with Crippen molar-refractivity contribution in [1.29, 1.82) is 0 Å². The third kappa shape index (κ3) is 2.50. The molecule has 108 valence electrons. The van der Waals surface area contributed by atoms with Gasteiger partial charge in [-0.25, -0.2) is 0 Å². The predicted molar refractivity (Wildman–Crippen MR) is 92.0 cm³/mol. The van der Waals surface area contributed by atoms with Crippen LogP contribution in [0.15, 0.2) is 46.9 Å². The molecule has 2 aromatic rings. The average Bonchev–Trinajstić information content (AvgIpc) is 2.50. The highest BCUT2D eigenvalue weighted by Gasteiger charge is 2.28. The summed E-state index contributed by atoms with van der Waals surface area (Å²) >= 11 is 3.70. The van der Waals surface area contributed by atoms with Crippen LogP contribution in [0.3, 0.4) is 0 Å². The minimum Gasteiger partial charge on any atom is -0.371 e. The first-order chi connectivity index (χ1) is 10.3. The molecule has 4 rings (SSSR count). The van der Waals surface area contributed by atoms with Gasteiger partial charge in [-0.1, -0.05) is 52.3 Å². The zero-order valence-electron chi connectivity index (χ0n) is 12.2. The van der Waals surface area contributed by atoms with Crippen LogP contribution in [0.25, 0.3) is 0 Å². The summed E-state index contributed by atoms with van der Waals surface area (Å²) in [6.45, 7) is 2.45. The van der Waals surface area contributed by atoms with E-state index in [0.717, 1.165) is 5.92 Å². The summed E-state index contributed by atoms with van der Waals surface area (Å²) in [6, 6.07) is 15.6. The predicted octanol–water partition coefficient (Wildman–Crippen LogP) is 4.62. The molecule has 2 aromatic carbocycles. The summed E-state index contributed by atoms with van der Waals surface area (Å²) < 4.78 is 1.25. The van der Waals surface area contributed by atoms with Crippen molar-refractivity contribution in [3.63, 3.8) is 0 Å². The van der Waals surface area contributed by atoms with Gasteiger partial charge in [-0.15, -0.1) is 0 Å². The molecular formula is C19H20BrN. The zero-order chi connectivity index (χ0) is 14.2. The molecule has 0 radical (unpaired) electrons. The second-order valence-corrected chi connectivity index (χ2v) is 7.19. The molecule has 0 spiro atoms. The Morgan fingerprint density at radius 1 is 1.05 bits per heavy atom. The van der Waals surface area contributed by atoms with Crippen molar-refractivity contribution in [1.82, 2.24) is 0 Å². The van der Waals surface area contributed by atoms with Crippen LogP contribution >= 0.6 is 15.9 Å². The van der Waals surface area contributed by atoms with E-state index in [1.54, 1.807) is 16.8 Å². The van der Waals surface area contributed by atoms with Crippen molar-refractivity contribution in [2.75, 3.05) is 18.0 Å². The monoisotopic (exact) mass is 341 g/mol. The van der Waals surface area contributed by atoms with Crippen molar-refractivity contribution in [3.8, 4) is 0 Å². The Bertz CT molecular complexity index is 664. The maximum atomic E-state index is 3.70. The first-order valence-electron chi connectivity index (χ1n) is 7.90. The van der Waals surface area contributed by atoms with Crippen LogP contribution < -0.4 is 4.90 Å². The van der Waals surface area contributed by atoms with E-state index in [4.69, 9.17) is 0 Å². The van der Waals surface area contributed by atoms with Crippen molar-refractivity contribution < 1.29 is 0 Å². The number of halogens is 1. The average molecular weight is 342 g/mol. The molecule has 0 saturated heterocycles. The van der Waals surface area contributed by atoms with E-state index in [1.165, 1.54) is 48.8 Å². The molecule has 1 unspecified atom stereocenters. The zero-order valence-corrected chi connectivity index (χ0v) is 13.8. The van der Waals surface area contributed by atoms with Gasteiger partial charge in [-0.05, 0) is 54.4 Å². The van der Waals surface area contributed by atoms with Crippen molar-refractivity contribution in [2.24, 2.45) is 5.92 Å². The highest BCUT2D eigenvalue weighted by atomic mass is 79.9.